The van der Waals surface area contributed by atoms with Crippen molar-refractivity contribution in [1.29, 1.82) is 0 Å². The third-order valence-electron chi connectivity index (χ3n) is 6.09. The second kappa shape index (κ2) is 8.64. The van der Waals surface area contributed by atoms with Crippen molar-refractivity contribution < 1.29 is 24.4 Å². The van der Waals surface area contributed by atoms with Crippen molar-refractivity contribution in [3.63, 3.8) is 0 Å². The minimum atomic E-state index is -1.22. The standard InChI is InChI=1S/C24H25N3O5/c1-3-15-5-9-17(10-6-15)25-21(28)13-19(23(25)30)27(32)20-14-22(29)26(24(20)31)18-11-7-16(4-2)8-12-18/h5-12,19-20,32H,3-4,13-14H2,1-2H3. The summed E-state index contributed by atoms with van der Waals surface area (Å²) in [4.78, 5) is 53.1. The van der Waals surface area contributed by atoms with Gasteiger partial charge in [-0.3, -0.25) is 19.2 Å². The van der Waals surface area contributed by atoms with Crippen molar-refractivity contribution in [3.8, 4) is 0 Å². The van der Waals surface area contributed by atoms with Gasteiger partial charge >= 0.3 is 0 Å². The van der Waals surface area contributed by atoms with Crippen molar-refractivity contribution in [2.75, 3.05) is 9.80 Å². The number of benzene rings is 2. The molecule has 1 N–H and O–H groups in total. The lowest BCUT2D eigenvalue weighted by molar-refractivity contribution is -0.172. The van der Waals surface area contributed by atoms with Gasteiger partial charge in [-0.2, -0.15) is 5.06 Å². The van der Waals surface area contributed by atoms with Crippen LogP contribution in [0.15, 0.2) is 48.5 Å². The molecule has 0 spiro atoms. The van der Waals surface area contributed by atoms with Crippen LogP contribution in [0.5, 0.6) is 0 Å². The Balaban J connectivity index is 1.53. The predicted molar refractivity (Wildman–Crippen MR) is 117 cm³/mol. The number of imide groups is 2. The molecule has 2 saturated heterocycles. The Bertz CT molecular complexity index is 979. The zero-order chi connectivity index (χ0) is 23.0. The lowest BCUT2D eigenvalue weighted by atomic mass is 10.1. The van der Waals surface area contributed by atoms with E-state index in [1.165, 1.54) is 0 Å². The SMILES string of the molecule is CCc1ccc(N2C(=O)CC(N(O)C3CC(=O)N(c4ccc(CC)cc4)C3=O)C2=O)cc1. The predicted octanol–water partition coefficient (Wildman–Crippen LogP) is 2.47. The quantitative estimate of drug-likeness (QED) is 0.553. The van der Waals surface area contributed by atoms with E-state index >= 15 is 0 Å². The highest BCUT2D eigenvalue weighted by Crippen LogP contribution is 2.31. The third-order valence-corrected chi connectivity index (χ3v) is 6.09. The molecule has 0 aliphatic carbocycles. The summed E-state index contributed by atoms with van der Waals surface area (Å²) in [5.74, 6) is -2.17. The van der Waals surface area contributed by atoms with Crippen molar-refractivity contribution in [2.45, 2.75) is 51.6 Å². The number of nitrogens with zero attached hydrogens (tertiary/aromatic N) is 3. The van der Waals surface area contributed by atoms with Gasteiger partial charge in [0, 0.05) is 0 Å². The number of amides is 4. The average molecular weight is 435 g/mol. The molecular weight excluding hydrogens is 410 g/mol. The van der Waals surface area contributed by atoms with Gasteiger partial charge in [0.25, 0.3) is 11.8 Å². The zero-order valence-electron chi connectivity index (χ0n) is 18.0. The fraction of sp³-hybridized carbons (Fsp3) is 0.333. The summed E-state index contributed by atoms with van der Waals surface area (Å²) in [5.41, 5.74) is 2.96. The van der Waals surface area contributed by atoms with Gasteiger partial charge in [0.1, 0.15) is 12.1 Å². The fourth-order valence-corrected chi connectivity index (χ4v) is 4.17. The largest absolute Gasteiger partial charge is 0.312 e. The summed E-state index contributed by atoms with van der Waals surface area (Å²) in [6.07, 6.45) is 1.11. The van der Waals surface area contributed by atoms with Gasteiger partial charge in [0.05, 0.1) is 24.2 Å². The van der Waals surface area contributed by atoms with Crippen LogP contribution in [0.3, 0.4) is 0 Å². The van der Waals surface area contributed by atoms with Crippen molar-refractivity contribution in [1.82, 2.24) is 5.06 Å². The first-order valence-corrected chi connectivity index (χ1v) is 10.7. The van der Waals surface area contributed by atoms with Gasteiger partial charge in [-0.1, -0.05) is 38.1 Å². The van der Waals surface area contributed by atoms with E-state index in [1.807, 2.05) is 38.1 Å². The van der Waals surface area contributed by atoms with Crippen LogP contribution in [0, 0.1) is 0 Å². The Morgan fingerprint density at radius 3 is 1.38 bits per heavy atom. The van der Waals surface area contributed by atoms with E-state index in [9.17, 15) is 24.4 Å². The summed E-state index contributed by atoms with van der Waals surface area (Å²) < 4.78 is 0. The molecule has 2 atom stereocenters. The lowest BCUT2D eigenvalue weighted by Gasteiger charge is -2.25. The Morgan fingerprint density at radius 1 is 0.719 bits per heavy atom. The number of hydroxylamine groups is 2. The van der Waals surface area contributed by atoms with E-state index in [1.54, 1.807) is 24.3 Å². The smallest absolute Gasteiger partial charge is 0.254 e. The topological polar surface area (TPSA) is 98.2 Å². The minimum Gasteiger partial charge on any atom is -0.312 e. The summed E-state index contributed by atoms with van der Waals surface area (Å²) >= 11 is 0. The average Bonchev–Trinajstić information content (AvgIpc) is 3.27. The second-order valence-electron chi connectivity index (χ2n) is 7.99. The lowest BCUT2D eigenvalue weighted by Crippen LogP contribution is -2.49. The number of hydrogen-bond donors (Lipinski definition) is 1. The molecule has 4 amide bonds. The molecule has 0 bridgehead atoms. The van der Waals surface area contributed by atoms with E-state index in [4.69, 9.17) is 0 Å². The highest BCUT2D eigenvalue weighted by atomic mass is 16.5. The van der Waals surface area contributed by atoms with E-state index in [2.05, 4.69) is 0 Å². The Hall–Kier alpha value is -3.36. The molecule has 2 fully saturated rings. The van der Waals surface area contributed by atoms with Crippen molar-refractivity contribution in [3.05, 3.63) is 59.7 Å². The molecule has 4 rings (SSSR count). The molecule has 0 radical (unpaired) electrons. The highest BCUT2D eigenvalue weighted by molar-refractivity contribution is 6.24. The van der Waals surface area contributed by atoms with Crippen molar-refractivity contribution >= 4 is 35.0 Å². The van der Waals surface area contributed by atoms with Crippen LogP contribution in [-0.2, 0) is 32.0 Å². The maximum absolute atomic E-state index is 13.0. The monoisotopic (exact) mass is 435 g/mol. The summed E-state index contributed by atoms with van der Waals surface area (Å²) in [7, 11) is 0. The van der Waals surface area contributed by atoms with Gasteiger partial charge in [0.2, 0.25) is 11.8 Å². The molecule has 2 heterocycles. The number of hydrogen-bond acceptors (Lipinski definition) is 6. The van der Waals surface area contributed by atoms with Crippen LogP contribution in [0.1, 0.15) is 37.8 Å². The van der Waals surface area contributed by atoms with E-state index < -0.39 is 35.7 Å². The van der Waals surface area contributed by atoms with Gasteiger partial charge in [0.15, 0.2) is 0 Å². The minimum absolute atomic E-state index is 0.270. The van der Waals surface area contributed by atoms with Crippen molar-refractivity contribution in [2.24, 2.45) is 0 Å². The number of rotatable bonds is 6. The van der Waals surface area contributed by atoms with E-state index in [0.717, 1.165) is 33.8 Å². The van der Waals surface area contributed by atoms with Crippen LogP contribution < -0.4 is 9.80 Å². The zero-order valence-corrected chi connectivity index (χ0v) is 18.0. The molecule has 2 aromatic rings. The van der Waals surface area contributed by atoms with Crippen LogP contribution in [0.25, 0.3) is 0 Å². The number of carbonyl (C=O) groups excluding carboxylic acids is 4. The molecule has 2 aliphatic rings. The molecule has 0 saturated carbocycles. The summed E-state index contributed by atoms with van der Waals surface area (Å²) in [6, 6.07) is 11.6. The molecule has 32 heavy (non-hydrogen) atoms. The van der Waals surface area contributed by atoms with Crippen LogP contribution >= 0.6 is 0 Å². The van der Waals surface area contributed by atoms with Gasteiger partial charge < -0.3 is 5.21 Å². The molecule has 8 heteroatoms. The highest BCUT2D eigenvalue weighted by Gasteiger charge is 2.50. The molecule has 2 aromatic carbocycles. The number of carbonyl (C=O) groups is 4. The van der Waals surface area contributed by atoms with E-state index in [-0.39, 0.29) is 12.8 Å². The van der Waals surface area contributed by atoms with Gasteiger partial charge in [-0.05, 0) is 48.2 Å². The molecular formula is C24H25N3O5. The Morgan fingerprint density at radius 2 is 1.06 bits per heavy atom. The molecule has 2 aliphatic heterocycles. The van der Waals surface area contributed by atoms with Gasteiger partial charge in [-0.25, -0.2) is 9.80 Å². The van der Waals surface area contributed by atoms with Crippen LogP contribution in [0.2, 0.25) is 0 Å². The molecule has 2 unspecified atom stereocenters. The first-order valence-electron chi connectivity index (χ1n) is 10.7. The first-order chi connectivity index (χ1) is 15.3. The second-order valence-corrected chi connectivity index (χ2v) is 7.99. The van der Waals surface area contributed by atoms with Crippen LogP contribution in [0.4, 0.5) is 11.4 Å². The Labute approximate surface area is 186 Å². The number of aryl methyl sites for hydroxylation is 2. The molecule has 8 nitrogen and oxygen atoms in total. The summed E-state index contributed by atoms with van der Waals surface area (Å²) in [6.45, 7) is 4.00. The summed E-state index contributed by atoms with van der Waals surface area (Å²) in [5, 5.41) is 11.3. The van der Waals surface area contributed by atoms with Gasteiger partial charge in [-0.15, -0.1) is 0 Å². The Kier molecular flexibility index (Phi) is 5.90. The molecule has 166 valence electrons. The normalized spacial score (nSPS) is 21.4. The third kappa shape index (κ3) is 3.72. The number of anilines is 2. The molecule has 0 aromatic heterocycles. The maximum Gasteiger partial charge on any atom is 0.254 e. The fourth-order valence-electron chi connectivity index (χ4n) is 4.17. The van der Waals surface area contributed by atoms with E-state index in [0.29, 0.717) is 16.4 Å². The maximum atomic E-state index is 13.0. The first kappa shape index (κ1) is 21.9. The van der Waals surface area contributed by atoms with Crippen LogP contribution in [-0.4, -0.2) is 46.0 Å².